The molecule has 2 aromatic rings. The first kappa shape index (κ1) is 19.0. The predicted octanol–water partition coefficient (Wildman–Crippen LogP) is 4.09. The molecule has 6 nitrogen and oxygen atoms in total. The summed E-state index contributed by atoms with van der Waals surface area (Å²) in [5.74, 6) is 0.216. The number of carbonyl (C=O) groups excluding carboxylic acids is 2. The molecule has 1 heterocycles. The Hall–Kier alpha value is -2.73. The van der Waals surface area contributed by atoms with Crippen molar-refractivity contribution in [1.82, 2.24) is 4.90 Å². The molecule has 0 bridgehead atoms. The van der Waals surface area contributed by atoms with Crippen molar-refractivity contribution in [1.29, 1.82) is 0 Å². The molecule has 0 unspecified atom stereocenters. The second-order valence-electron chi connectivity index (χ2n) is 6.23. The molecular weight excluding hydrogens is 368 g/mol. The fraction of sp³-hybridized carbons (Fsp3) is 0.300. The molecule has 2 amide bonds. The fourth-order valence-corrected chi connectivity index (χ4v) is 3.23. The van der Waals surface area contributed by atoms with Crippen LogP contribution in [0.2, 0.25) is 5.02 Å². The highest BCUT2D eigenvalue weighted by molar-refractivity contribution is 6.31. The van der Waals surface area contributed by atoms with Crippen LogP contribution in [0, 0.1) is 0 Å². The Kier molecular flexibility index (Phi) is 6.19. The third-order valence-corrected chi connectivity index (χ3v) is 4.65. The highest BCUT2D eigenvalue weighted by atomic mass is 35.5. The quantitative estimate of drug-likeness (QED) is 0.837. The smallest absolute Gasteiger partial charge is 0.410 e. The average Bonchev–Trinajstić information content (AvgIpc) is 3.17. The van der Waals surface area contributed by atoms with Gasteiger partial charge in [-0.2, -0.15) is 0 Å². The zero-order valence-corrected chi connectivity index (χ0v) is 15.7. The molecule has 1 aliphatic rings. The number of amides is 2. The number of benzene rings is 2. The number of halogens is 1. The summed E-state index contributed by atoms with van der Waals surface area (Å²) >= 11 is 6.00. The van der Waals surface area contributed by atoms with Gasteiger partial charge in [0.15, 0.2) is 0 Å². The number of ether oxygens (including phenoxy) is 2. The minimum Gasteiger partial charge on any atom is -0.495 e. The number of rotatable bonds is 5. The third kappa shape index (κ3) is 4.71. The molecule has 1 aliphatic heterocycles. The lowest BCUT2D eigenvalue weighted by Gasteiger charge is -2.23. The van der Waals surface area contributed by atoms with Gasteiger partial charge in [0.05, 0.1) is 12.8 Å². The van der Waals surface area contributed by atoms with Crippen LogP contribution in [0.15, 0.2) is 48.5 Å². The van der Waals surface area contributed by atoms with Crippen molar-refractivity contribution in [3.63, 3.8) is 0 Å². The van der Waals surface area contributed by atoms with Crippen LogP contribution < -0.4 is 10.1 Å². The van der Waals surface area contributed by atoms with E-state index in [0.29, 0.717) is 29.4 Å². The molecule has 27 heavy (non-hydrogen) atoms. The van der Waals surface area contributed by atoms with E-state index in [2.05, 4.69) is 5.32 Å². The van der Waals surface area contributed by atoms with E-state index in [1.807, 2.05) is 30.3 Å². The Morgan fingerprint density at radius 3 is 2.74 bits per heavy atom. The van der Waals surface area contributed by atoms with Gasteiger partial charge >= 0.3 is 6.09 Å². The van der Waals surface area contributed by atoms with Crippen molar-refractivity contribution < 1.29 is 19.1 Å². The highest BCUT2D eigenvalue weighted by Gasteiger charge is 2.35. The van der Waals surface area contributed by atoms with Crippen LogP contribution in [-0.2, 0) is 16.1 Å². The third-order valence-electron chi connectivity index (χ3n) is 4.41. The first-order valence-electron chi connectivity index (χ1n) is 8.70. The summed E-state index contributed by atoms with van der Waals surface area (Å²) < 4.78 is 10.6. The lowest BCUT2D eigenvalue weighted by Crippen LogP contribution is -2.43. The molecule has 0 aliphatic carbocycles. The van der Waals surface area contributed by atoms with Gasteiger partial charge in [0, 0.05) is 11.6 Å². The maximum atomic E-state index is 12.7. The molecular formula is C20H21ClN2O4. The molecule has 1 saturated heterocycles. The lowest BCUT2D eigenvalue weighted by atomic mass is 10.2. The molecule has 0 spiro atoms. The highest BCUT2D eigenvalue weighted by Crippen LogP contribution is 2.29. The molecule has 1 fully saturated rings. The van der Waals surface area contributed by atoms with E-state index >= 15 is 0 Å². The van der Waals surface area contributed by atoms with Crippen LogP contribution in [0.3, 0.4) is 0 Å². The Morgan fingerprint density at radius 1 is 1.22 bits per heavy atom. The van der Waals surface area contributed by atoms with E-state index in [1.165, 1.54) is 12.0 Å². The van der Waals surface area contributed by atoms with Gasteiger partial charge in [0.2, 0.25) is 5.91 Å². The van der Waals surface area contributed by atoms with Gasteiger partial charge in [-0.05, 0) is 36.6 Å². The zero-order valence-electron chi connectivity index (χ0n) is 15.0. The van der Waals surface area contributed by atoms with Crippen LogP contribution in [0.4, 0.5) is 10.5 Å². The summed E-state index contributed by atoms with van der Waals surface area (Å²) in [5.41, 5.74) is 1.37. The normalized spacial score (nSPS) is 16.1. The number of anilines is 1. The van der Waals surface area contributed by atoms with Gasteiger partial charge in [-0.3, -0.25) is 9.69 Å². The maximum absolute atomic E-state index is 12.7. The minimum atomic E-state index is -0.586. The van der Waals surface area contributed by atoms with Crippen LogP contribution >= 0.6 is 11.6 Å². The second kappa shape index (κ2) is 8.77. The number of hydrogen-bond donors (Lipinski definition) is 1. The van der Waals surface area contributed by atoms with E-state index in [-0.39, 0.29) is 12.5 Å². The predicted molar refractivity (Wildman–Crippen MR) is 103 cm³/mol. The van der Waals surface area contributed by atoms with Crippen molar-refractivity contribution in [3.05, 3.63) is 59.1 Å². The van der Waals surface area contributed by atoms with Crippen LogP contribution in [0.25, 0.3) is 0 Å². The first-order valence-corrected chi connectivity index (χ1v) is 9.08. The van der Waals surface area contributed by atoms with Crippen LogP contribution in [0.1, 0.15) is 18.4 Å². The summed E-state index contributed by atoms with van der Waals surface area (Å²) in [5, 5.41) is 3.29. The number of methoxy groups -OCH3 is 1. The Labute approximate surface area is 163 Å². The lowest BCUT2D eigenvalue weighted by molar-refractivity contribution is -0.120. The molecule has 1 atom stereocenters. The molecule has 0 radical (unpaired) electrons. The van der Waals surface area contributed by atoms with E-state index in [4.69, 9.17) is 21.1 Å². The topological polar surface area (TPSA) is 67.9 Å². The van der Waals surface area contributed by atoms with Gasteiger partial charge in [0.25, 0.3) is 0 Å². The van der Waals surface area contributed by atoms with E-state index in [0.717, 1.165) is 12.0 Å². The fourth-order valence-electron chi connectivity index (χ4n) is 3.05. The van der Waals surface area contributed by atoms with Gasteiger partial charge in [-0.1, -0.05) is 41.9 Å². The Bertz CT molecular complexity index is 813. The Balaban J connectivity index is 1.64. The van der Waals surface area contributed by atoms with Crippen LogP contribution in [-0.4, -0.2) is 36.6 Å². The van der Waals surface area contributed by atoms with Crippen molar-refractivity contribution in [2.75, 3.05) is 19.0 Å². The number of hydrogen-bond acceptors (Lipinski definition) is 4. The molecule has 7 heteroatoms. The van der Waals surface area contributed by atoms with E-state index in [1.54, 1.807) is 18.2 Å². The molecule has 2 aromatic carbocycles. The SMILES string of the molecule is COc1ccc(Cl)cc1NC(=O)[C@@H]1CCCN1C(=O)OCc1ccccc1. The molecule has 142 valence electrons. The monoisotopic (exact) mass is 388 g/mol. The summed E-state index contributed by atoms with van der Waals surface area (Å²) in [4.78, 5) is 26.6. The van der Waals surface area contributed by atoms with E-state index in [9.17, 15) is 9.59 Å². The summed E-state index contributed by atoms with van der Waals surface area (Å²) in [6, 6.07) is 13.8. The average molecular weight is 389 g/mol. The summed E-state index contributed by atoms with van der Waals surface area (Å²) in [7, 11) is 1.52. The van der Waals surface area contributed by atoms with Crippen LogP contribution in [0.5, 0.6) is 5.75 Å². The number of likely N-dealkylation sites (tertiary alicyclic amines) is 1. The zero-order chi connectivity index (χ0) is 19.2. The minimum absolute atomic E-state index is 0.173. The largest absolute Gasteiger partial charge is 0.495 e. The van der Waals surface area contributed by atoms with Gasteiger partial charge in [-0.15, -0.1) is 0 Å². The number of carbonyl (C=O) groups is 2. The number of nitrogens with zero attached hydrogens (tertiary/aromatic N) is 1. The Morgan fingerprint density at radius 2 is 2.00 bits per heavy atom. The maximum Gasteiger partial charge on any atom is 0.410 e. The standard InChI is InChI=1S/C20H21ClN2O4/c1-26-18-10-9-15(21)12-16(18)22-19(24)17-8-5-11-23(17)20(25)27-13-14-6-3-2-4-7-14/h2-4,6-7,9-10,12,17H,5,8,11,13H2,1H3,(H,22,24)/t17-/m0/s1. The first-order chi connectivity index (χ1) is 13.1. The summed E-state index contributed by atoms with van der Waals surface area (Å²) in [6.07, 6.45) is 0.829. The van der Waals surface area contributed by atoms with Crippen molar-refractivity contribution in [2.24, 2.45) is 0 Å². The van der Waals surface area contributed by atoms with Gasteiger partial charge in [-0.25, -0.2) is 4.79 Å². The van der Waals surface area contributed by atoms with Gasteiger partial charge in [0.1, 0.15) is 18.4 Å². The van der Waals surface area contributed by atoms with Crippen molar-refractivity contribution >= 4 is 29.3 Å². The van der Waals surface area contributed by atoms with E-state index < -0.39 is 12.1 Å². The molecule has 0 aromatic heterocycles. The second-order valence-corrected chi connectivity index (χ2v) is 6.66. The van der Waals surface area contributed by atoms with Crippen molar-refractivity contribution in [2.45, 2.75) is 25.5 Å². The molecule has 1 N–H and O–H groups in total. The molecule has 0 saturated carbocycles. The summed E-state index contributed by atoms with van der Waals surface area (Å²) in [6.45, 7) is 0.658. The van der Waals surface area contributed by atoms with Crippen molar-refractivity contribution in [3.8, 4) is 5.75 Å². The van der Waals surface area contributed by atoms with Gasteiger partial charge < -0.3 is 14.8 Å². The molecule has 3 rings (SSSR count). The number of nitrogens with one attached hydrogen (secondary N) is 1.